The fraction of sp³-hybridized carbons (Fsp3) is 0.176. The van der Waals surface area contributed by atoms with Crippen LogP contribution in [-0.2, 0) is 4.74 Å². The van der Waals surface area contributed by atoms with Crippen molar-refractivity contribution < 1.29 is 23.9 Å². The van der Waals surface area contributed by atoms with Gasteiger partial charge in [0.2, 0.25) is 11.5 Å². The molecule has 2 aromatic carbocycles. The molecule has 0 saturated heterocycles. The lowest BCUT2D eigenvalue weighted by atomic mass is 10.1. The zero-order valence-corrected chi connectivity index (χ0v) is 13.3. The van der Waals surface area contributed by atoms with Crippen LogP contribution in [-0.4, -0.2) is 16.7 Å². The molecule has 25 heavy (non-hydrogen) atoms. The van der Waals surface area contributed by atoms with Crippen LogP contribution in [0.3, 0.4) is 0 Å². The van der Waals surface area contributed by atoms with Gasteiger partial charge in [-0.05, 0) is 24.3 Å². The largest absolute Gasteiger partial charge is 0.452 e. The third kappa shape index (κ3) is 3.07. The normalized spacial score (nSPS) is 14.5. The van der Waals surface area contributed by atoms with Crippen LogP contribution >= 0.6 is 0 Å². The van der Waals surface area contributed by atoms with Crippen molar-refractivity contribution in [2.24, 2.45) is 0 Å². The number of cyclic esters (lactones) is 1. The summed E-state index contributed by atoms with van der Waals surface area (Å²) >= 11 is 0. The van der Waals surface area contributed by atoms with Gasteiger partial charge in [0.25, 0.3) is 0 Å². The number of hydrogen-bond acceptors (Lipinski definition) is 7. The fourth-order valence-corrected chi connectivity index (χ4v) is 2.38. The van der Waals surface area contributed by atoms with Gasteiger partial charge >= 0.3 is 11.7 Å². The molecule has 0 aromatic heterocycles. The molecule has 1 heterocycles. The van der Waals surface area contributed by atoms with Crippen LogP contribution < -0.4 is 9.47 Å². The van der Waals surface area contributed by atoms with Crippen molar-refractivity contribution in [1.29, 1.82) is 5.26 Å². The van der Waals surface area contributed by atoms with Crippen molar-refractivity contribution in [2.75, 3.05) is 0 Å². The Bertz CT molecular complexity index is 929. The first-order valence-electron chi connectivity index (χ1n) is 7.22. The lowest BCUT2D eigenvalue weighted by molar-refractivity contribution is -0.385. The first-order valence-corrected chi connectivity index (χ1v) is 7.22. The Morgan fingerprint density at radius 1 is 1.20 bits per heavy atom. The number of nitro benzene ring substituents is 1. The SMILES string of the molecule is CC1(C)OC(=O)c2c(Oc3ccc(C#N)cc3[N+](=O)[O-])cccc2O1. The number of carbonyl (C=O) groups is 1. The molecule has 0 radical (unpaired) electrons. The van der Waals surface area contributed by atoms with Crippen LogP contribution in [0.25, 0.3) is 0 Å². The highest BCUT2D eigenvalue weighted by Crippen LogP contribution is 2.40. The maximum atomic E-state index is 12.3. The van der Waals surface area contributed by atoms with E-state index in [0.717, 1.165) is 6.07 Å². The second-order valence-electron chi connectivity index (χ2n) is 5.67. The molecule has 1 aliphatic rings. The highest BCUT2D eigenvalue weighted by atomic mass is 16.7. The minimum absolute atomic E-state index is 0.0421. The van der Waals surface area contributed by atoms with E-state index in [-0.39, 0.29) is 34.1 Å². The van der Waals surface area contributed by atoms with E-state index in [1.165, 1.54) is 18.2 Å². The number of nitrogens with zero attached hydrogens (tertiary/aromatic N) is 2. The average Bonchev–Trinajstić information content (AvgIpc) is 2.53. The minimum atomic E-state index is -1.12. The summed E-state index contributed by atoms with van der Waals surface area (Å²) in [5.74, 6) is -1.56. The van der Waals surface area contributed by atoms with Gasteiger partial charge < -0.3 is 14.2 Å². The molecule has 2 aromatic rings. The Labute approximate surface area is 142 Å². The summed E-state index contributed by atoms with van der Waals surface area (Å²) in [5.41, 5.74) is -0.221. The highest BCUT2D eigenvalue weighted by Gasteiger charge is 2.36. The van der Waals surface area contributed by atoms with E-state index in [4.69, 9.17) is 19.5 Å². The Morgan fingerprint density at radius 3 is 2.64 bits per heavy atom. The van der Waals surface area contributed by atoms with E-state index >= 15 is 0 Å². The van der Waals surface area contributed by atoms with E-state index in [0.29, 0.717) is 0 Å². The molecule has 0 unspecified atom stereocenters. The number of nitriles is 1. The van der Waals surface area contributed by atoms with Crippen molar-refractivity contribution in [3.63, 3.8) is 0 Å². The summed E-state index contributed by atoms with van der Waals surface area (Å²) < 4.78 is 16.3. The lowest BCUT2D eigenvalue weighted by Gasteiger charge is -2.32. The standard InChI is InChI=1S/C17H12N2O6/c1-17(2)24-14-5-3-4-13(15(14)16(20)25-17)23-12-7-6-10(9-18)8-11(12)19(21)22/h3-8H,1-2H3. The smallest absolute Gasteiger partial charge is 0.349 e. The van der Waals surface area contributed by atoms with Crippen molar-refractivity contribution in [1.82, 2.24) is 0 Å². The van der Waals surface area contributed by atoms with Crippen molar-refractivity contribution in [3.8, 4) is 23.3 Å². The van der Waals surface area contributed by atoms with Crippen molar-refractivity contribution >= 4 is 11.7 Å². The monoisotopic (exact) mass is 340 g/mol. The summed E-state index contributed by atoms with van der Waals surface area (Å²) in [5, 5.41) is 20.1. The zero-order chi connectivity index (χ0) is 18.2. The lowest BCUT2D eigenvalue weighted by Crippen LogP contribution is -2.38. The van der Waals surface area contributed by atoms with Crippen molar-refractivity contribution in [3.05, 3.63) is 57.6 Å². The maximum Gasteiger partial charge on any atom is 0.349 e. The van der Waals surface area contributed by atoms with Gasteiger partial charge in [-0.25, -0.2) is 4.79 Å². The number of esters is 1. The molecular formula is C17H12N2O6. The first-order chi connectivity index (χ1) is 11.8. The Balaban J connectivity index is 2.05. The van der Waals surface area contributed by atoms with Crippen LogP contribution in [0, 0.1) is 21.4 Å². The Hall–Kier alpha value is -3.60. The van der Waals surface area contributed by atoms with E-state index < -0.39 is 16.7 Å². The van der Waals surface area contributed by atoms with E-state index in [1.54, 1.807) is 26.0 Å². The molecule has 0 bridgehead atoms. The molecule has 8 nitrogen and oxygen atoms in total. The summed E-state index contributed by atoms with van der Waals surface area (Å²) in [6.07, 6.45) is 0. The molecule has 8 heteroatoms. The van der Waals surface area contributed by atoms with E-state index in [9.17, 15) is 14.9 Å². The Kier molecular flexibility index (Phi) is 3.77. The van der Waals surface area contributed by atoms with Gasteiger partial charge in [0.05, 0.1) is 16.6 Å². The average molecular weight is 340 g/mol. The van der Waals surface area contributed by atoms with Gasteiger partial charge in [-0.3, -0.25) is 10.1 Å². The molecule has 1 aliphatic heterocycles. The summed E-state index contributed by atoms with van der Waals surface area (Å²) in [6.45, 7) is 3.18. The molecule has 0 amide bonds. The van der Waals surface area contributed by atoms with Gasteiger partial charge in [0.15, 0.2) is 0 Å². The molecule has 0 spiro atoms. The quantitative estimate of drug-likeness (QED) is 0.477. The number of rotatable bonds is 3. The molecular weight excluding hydrogens is 328 g/mol. The number of hydrogen-bond donors (Lipinski definition) is 0. The predicted octanol–water partition coefficient (Wildman–Crippen LogP) is 3.54. The highest BCUT2D eigenvalue weighted by molar-refractivity contribution is 5.96. The summed E-state index contributed by atoms with van der Waals surface area (Å²) in [6, 6.07) is 10.3. The van der Waals surface area contributed by atoms with E-state index in [1.807, 2.05) is 6.07 Å². The van der Waals surface area contributed by atoms with Crippen LogP contribution in [0.1, 0.15) is 29.8 Å². The van der Waals surface area contributed by atoms with Gasteiger partial charge in [-0.1, -0.05) is 6.07 Å². The maximum absolute atomic E-state index is 12.3. The molecule has 0 atom stereocenters. The first kappa shape index (κ1) is 16.3. The molecule has 0 saturated carbocycles. The van der Waals surface area contributed by atoms with Gasteiger partial charge in [0, 0.05) is 19.9 Å². The molecule has 126 valence electrons. The van der Waals surface area contributed by atoms with Crippen LogP contribution in [0.15, 0.2) is 36.4 Å². The number of carbonyl (C=O) groups excluding carboxylic acids is 1. The number of fused-ring (bicyclic) bond motifs is 1. The van der Waals surface area contributed by atoms with E-state index in [2.05, 4.69) is 0 Å². The van der Waals surface area contributed by atoms with Crippen molar-refractivity contribution in [2.45, 2.75) is 19.6 Å². The molecule has 0 fully saturated rings. The molecule has 0 N–H and O–H groups in total. The number of nitro groups is 1. The van der Waals surface area contributed by atoms with Crippen LogP contribution in [0.4, 0.5) is 5.69 Å². The second kappa shape index (κ2) is 5.79. The van der Waals surface area contributed by atoms with Crippen LogP contribution in [0.5, 0.6) is 17.2 Å². The third-order valence-corrected chi connectivity index (χ3v) is 3.39. The molecule has 3 rings (SSSR count). The third-order valence-electron chi connectivity index (χ3n) is 3.39. The zero-order valence-electron chi connectivity index (χ0n) is 13.3. The molecule has 0 aliphatic carbocycles. The minimum Gasteiger partial charge on any atom is -0.452 e. The van der Waals surface area contributed by atoms with Gasteiger partial charge in [0.1, 0.15) is 17.1 Å². The topological polar surface area (TPSA) is 112 Å². The van der Waals surface area contributed by atoms with Gasteiger partial charge in [-0.15, -0.1) is 0 Å². The predicted molar refractivity (Wildman–Crippen MR) is 84.4 cm³/mol. The summed E-state index contributed by atoms with van der Waals surface area (Å²) in [4.78, 5) is 22.8. The summed E-state index contributed by atoms with van der Waals surface area (Å²) in [7, 11) is 0. The number of ether oxygens (including phenoxy) is 3. The fourth-order valence-electron chi connectivity index (χ4n) is 2.38. The van der Waals surface area contributed by atoms with Crippen LogP contribution in [0.2, 0.25) is 0 Å². The second-order valence-corrected chi connectivity index (χ2v) is 5.67. The number of benzene rings is 2. The van der Waals surface area contributed by atoms with Gasteiger partial charge in [-0.2, -0.15) is 5.26 Å². The Morgan fingerprint density at radius 2 is 1.96 bits per heavy atom.